The number of carbonyl (C=O) groups is 1. The molecule has 1 amide bonds. The molecule has 0 aromatic heterocycles. The van der Waals surface area contributed by atoms with E-state index in [9.17, 15) is 4.79 Å². The first-order chi connectivity index (χ1) is 7.42. The van der Waals surface area contributed by atoms with Crippen LogP contribution in [0.25, 0.3) is 0 Å². The molecule has 1 aliphatic rings. The van der Waals surface area contributed by atoms with E-state index in [1.807, 2.05) is 20.8 Å². The van der Waals surface area contributed by atoms with Gasteiger partial charge in [0.05, 0.1) is 6.07 Å². The lowest BCUT2D eigenvalue weighted by Gasteiger charge is -2.26. The van der Waals surface area contributed by atoms with Crippen LogP contribution in [0.1, 0.15) is 40.0 Å². The van der Waals surface area contributed by atoms with Gasteiger partial charge in [-0.3, -0.25) is 0 Å². The standard InChI is InChI=1S/C12H20N2O2/c1-12(2,3)16-11(15)14-7-4-5-10(9-13)6-8-14/h10H,4-8H2,1-3H3. The SMILES string of the molecule is CC(C)(C)OC(=O)N1CCCC(C#N)CC1. The number of ether oxygens (including phenoxy) is 1. The molecule has 16 heavy (non-hydrogen) atoms. The highest BCUT2D eigenvalue weighted by Gasteiger charge is 2.24. The first kappa shape index (κ1) is 12.8. The molecule has 1 fully saturated rings. The quantitative estimate of drug-likeness (QED) is 0.635. The zero-order valence-corrected chi connectivity index (χ0v) is 10.3. The van der Waals surface area contributed by atoms with Crippen molar-refractivity contribution in [1.82, 2.24) is 4.90 Å². The summed E-state index contributed by atoms with van der Waals surface area (Å²) < 4.78 is 5.31. The second-order valence-electron chi connectivity index (χ2n) is 5.22. The van der Waals surface area contributed by atoms with Crippen molar-refractivity contribution in [2.24, 2.45) is 5.92 Å². The third kappa shape index (κ3) is 4.09. The summed E-state index contributed by atoms with van der Waals surface area (Å²) in [4.78, 5) is 13.5. The van der Waals surface area contributed by atoms with Gasteiger partial charge >= 0.3 is 6.09 Å². The summed E-state index contributed by atoms with van der Waals surface area (Å²) in [6.45, 7) is 6.92. The van der Waals surface area contributed by atoms with Gasteiger partial charge in [-0.05, 0) is 40.0 Å². The predicted molar refractivity (Wildman–Crippen MR) is 60.8 cm³/mol. The molecule has 0 N–H and O–H groups in total. The summed E-state index contributed by atoms with van der Waals surface area (Å²) in [7, 11) is 0. The first-order valence-corrected chi connectivity index (χ1v) is 5.80. The zero-order valence-electron chi connectivity index (χ0n) is 10.3. The van der Waals surface area contributed by atoms with Gasteiger partial charge in [0.25, 0.3) is 0 Å². The number of carbonyl (C=O) groups excluding carboxylic acids is 1. The number of nitrogens with zero attached hydrogens (tertiary/aromatic N) is 2. The fourth-order valence-corrected chi connectivity index (χ4v) is 1.73. The van der Waals surface area contributed by atoms with E-state index in [2.05, 4.69) is 6.07 Å². The molecule has 0 spiro atoms. The van der Waals surface area contributed by atoms with E-state index in [-0.39, 0.29) is 12.0 Å². The Bertz CT molecular complexity index is 288. The summed E-state index contributed by atoms with van der Waals surface area (Å²) in [5, 5.41) is 8.84. The van der Waals surface area contributed by atoms with E-state index in [1.54, 1.807) is 4.90 Å². The van der Waals surface area contributed by atoms with Crippen molar-refractivity contribution in [1.29, 1.82) is 5.26 Å². The van der Waals surface area contributed by atoms with Gasteiger partial charge in [-0.15, -0.1) is 0 Å². The maximum atomic E-state index is 11.8. The van der Waals surface area contributed by atoms with Crippen LogP contribution >= 0.6 is 0 Å². The smallest absolute Gasteiger partial charge is 0.410 e. The van der Waals surface area contributed by atoms with Crippen LogP contribution in [0, 0.1) is 17.2 Å². The van der Waals surface area contributed by atoms with Crippen LogP contribution in [0.3, 0.4) is 0 Å². The Labute approximate surface area is 97.2 Å². The summed E-state index contributed by atoms with van der Waals surface area (Å²) in [5.41, 5.74) is -0.446. The van der Waals surface area contributed by atoms with Crippen molar-refractivity contribution in [3.63, 3.8) is 0 Å². The van der Waals surface area contributed by atoms with Crippen LogP contribution < -0.4 is 0 Å². The van der Waals surface area contributed by atoms with Gasteiger partial charge in [0.15, 0.2) is 0 Å². The number of likely N-dealkylation sites (tertiary alicyclic amines) is 1. The van der Waals surface area contributed by atoms with Gasteiger partial charge in [-0.25, -0.2) is 4.79 Å². The molecule has 0 aromatic carbocycles. The van der Waals surface area contributed by atoms with Gasteiger partial charge in [0, 0.05) is 19.0 Å². The monoisotopic (exact) mass is 224 g/mol. The van der Waals surface area contributed by atoms with E-state index in [4.69, 9.17) is 10.00 Å². The van der Waals surface area contributed by atoms with Gasteiger partial charge in [0.1, 0.15) is 5.60 Å². The topological polar surface area (TPSA) is 53.3 Å². The van der Waals surface area contributed by atoms with Crippen LogP contribution in [0.15, 0.2) is 0 Å². The van der Waals surface area contributed by atoms with Crippen molar-refractivity contribution >= 4 is 6.09 Å². The third-order valence-corrected chi connectivity index (χ3v) is 2.56. The highest BCUT2D eigenvalue weighted by molar-refractivity contribution is 5.68. The molecule has 1 saturated heterocycles. The molecule has 1 unspecified atom stereocenters. The number of hydrogen-bond acceptors (Lipinski definition) is 3. The average molecular weight is 224 g/mol. The van der Waals surface area contributed by atoms with Crippen LogP contribution in [0.5, 0.6) is 0 Å². The lowest BCUT2D eigenvalue weighted by atomic mass is 10.0. The maximum absolute atomic E-state index is 11.8. The molecule has 1 atom stereocenters. The fraction of sp³-hybridized carbons (Fsp3) is 0.833. The minimum atomic E-state index is -0.446. The lowest BCUT2D eigenvalue weighted by Crippen LogP contribution is -2.37. The number of nitriles is 1. The van der Waals surface area contributed by atoms with Gasteiger partial charge in [-0.2, -0.15) is 5.26 Å². The number of rotatable bonds is 0. The molecule has 0 aromatic rings. The van der Waals surface area contributed by atoms with Crippen LogP contribution in [-0.2, 0) is 4.74 Å². The molecule has 0 saturated carbocycles. The lowest BCUT2D eigenvalue weighted by molar-refractivity contribution is 0.0256. The third-order valence-electron chi connectivity index (χ3n) is 2.56. The average Bonchev–Trinajstić information content (AvgIpc) is 2.39. The molecule has 0 aliphatic carbocycles. The Balaban J connectivity index is 2.49. The minimum absolute atomic E-state index is 0.0902. The maximum Gasteiger partial charge on any atom is 0.410 e. The molecule has 4 nitrogen and oxygen atoms in total. The Kier molecular flexibility index (Phi) is 4.17. The Morgan fingerprint density at radius 1 is 1.38 bits per heavy atom. The second kappa shape index (κ2) is 5.20. The Morgan fingerprint density at radius 3 is 2.62 bits per heavy atom. The van der Waals surface area contributed by atoms with E-state index in [1.165, 1.54) is 0 Å². The molecule has 0 radical (unpaired) electrons. The first-order valence-electron chi connectivity index (χ1n) is 5.80. The molecule has 1 rings (SSSR count). The Hall–Kier alpha value is -1.24. The normalized spacial score (nSPS) is 22.1. The van der Waals surface area contributed by atoms with Crippen molar-refractivity contribution in [2.75, 3.05) is 13.1 Å². The van der Waals surface area contributed by atoms with Gasteiger partial charge in [-0.1, -0.05) is 0 Å². The zero-order chi connectivity index (χ0) is 12.2. The van der Waals surface area contributed by atoms with Crippen molar-refractivity contribution < 1.29 is 9.53 Å². The van der Waals surface area contributed by atoms with Crippen LogP contribution in [-0.4, -0.2) is 29.7 Å². The number of hydrogen-bond donors (Lipinski definition) is 0. The van der Waals surface area contributed by atoms with E-state index >= 15 is 0 Å². The molecule has 90 valence electrons. The summed E-state index contributed by atoms with van der Waals surface area (Å²) >= 11 is 0. The highest BCUT2D eigenvalue weighted by atomic mass is 16.6. The molecule has 1 aliphatic heterocycles. The predicted octanol–water partition coefficient (Wildman–Crippen LogP) is 2.55. The highest BCUT2D eigenvalue weighted by Crippen LogP contribution is 2.18. The fourth-order valence-electron chi connectivity index (χ4n) is 1.73. The van der Waals surface area contributed by atoms with E-state index < -0.39 is 5.60 Å². The van der Waals surface area contributed by atoms with Crippen LogP contribution in [0.4, 0.5) is 4.79 Å². The van der Waals surface area contributed by atoms with Crippen molar-refractivity contribution in [3.8, 4) is 6.07 Å². The van der Waals surface area contributed by atoms with Crippen molar-refractivity contribution in [2.45, 2.75) is 45.6 Å². The summed E-state index contributed by atoms with van der Waals surface area (Å²) in [6.07, 6.45) is 2.27. The minimum Gasteiger partial charge on any atom is -0.444 e. The molecular weight excluding hydrogens is 204 g/mol. The Morgan fingerprint density at radius 2 is 2.06 bits per heavy atom. The van der Waals surface area contributed by atoms with Gasteiger partial charge in [0.2, 0.25) is 0 Å². The largest absolute Gasteiger partial charge is 0.444 e. The molecule has 4 heteroatoms. The second-order valence-corrected chi connectivity index (χ2v) is 5.22. The van der Waals surface area contributed by atoms with Crippen LogP contribution in [0.2, 0.25) is 0 Å². The van der Waals surface area contributed by atoms with E-state index in [0.717, 1.165) is 19.3 Å². The number of amides is 1. The summed E-state index contributed by atoms with van der Waals surface area (Å²) in [5.74, 6) is 0.0902. The van der Waals surface area contributed by atoms with Crippen molar-refractivity contribution in [3.05, 3.63) is 0 Å². The van der Waals surface area contributed by atoms with E-state index in [0.29, 0.717) is 13.1 Å². The molecular formula is C12H20N2O2. The molecule has 0 bridgehead atoms. The summed E-state index contributed by atoms with van der Waals surface area (Å²) in [6, 6.07) is 2.27. The molecule has 1 heterocycles. The van der Waals surface area contributed by atoms with Gasteiger partial charge < -0.3 is 9.64 Å².